The van der Waals surface area contributed by atoms with Gasteiger partial charge >= 0.3 is 0 Å². The summed E-state index contributed by atoms with van der Waals surface area (Å²) in [6.07, 6.45) is 2.16. The van der Waals surface area contributed by atoms with E-state index in [1.54, 1.807) is 0 Å². The summed E-state index contributed by atoms with van der Waals surface area (Å²) in [5.41, 5.74) is 0.00767. The molecule has 0 bridgehead atoms. The Labute approximate surface area is 118 Å². The van der Waals surface area contributed by atoms with Crippen molar-refractivity contribution >= 4 is 5.78 Å². The Morgan fingerprint density at radius 3 is 2.33 bits per heavy atom. The average Bonchev–Trinajstić information content (AvgIpc) is 2.95. The fraction of sp³-hybridized carbons (Fsp3) is 0.357. The molecule has 4 nitrogen and oxygen atoms in total. The van der Waals surface area contributed by atoms with Gasteiger partial charge in [-0.1, -0.05) is 5.16 Å². The van der Waals surface area contributed by atoms with Gasteiger partial charge in [0.1, 0.15) is 5.78 Å². The van der Waals surface area contributed by atoms with Gasteiger partial charge in [-0.15, -0.1) is 0 Å². The first-order valence-corrected chi connectivity index (χ1v) is 6.55. The topological polar surface area (TPSA) is 56.0 Å². The van der Waals surface area contributed by atoms with Gasteiger partial charge in [0.25, 0.3) is 0 Å². The quantitative estimate of drug-likeness (QED) is 0.797. The molecule has 0 aliphatic heterocycles. The molecule has 2 aromatic rings. The average molecular weight is 296 g/mol. The summed E-state index contributed by atoms with van der Waals surface area (Å²) < 4.78 is 44.4. The molecule has 0 N–H and O–H groups in total. The van der Waals surface area contributed by atoms with Crippen molar-refractivity contribution in [1.29, 1.82) is 0 Å². The minimum atomic E-state index is -1.53. The highest BCUT2D eigenvalue weighted by molar-refractivity contribution is 5.79. The van der Waals surface area contributed by atoms with Crippen LogP contribution in [0.5, 0.6) is 0 Å². The number of carbonyl (C=O) groups is 1. The molecule has 1 saturated carbocycles. The first kappa shape index (κ1) is 13.8. The summed E-state index contributed by atoms with van der Waals surface area (Å²) in [5, 5.41) is 3.67. The van der Waals surface area contributed by atoms with E-state index in [0.717, 1.165) is 12.1 Å². The third kappa shape index (κ3) is 2.68. The van der Waals surface area contributed by atoms with E-state index in [-0.39, 0.29) is 23.1 Å². The molecule has 110 valence electrons. The molecule has 0 unspecified atom stereocenters. The second-order valence-electron chi connectivity index (χ2n) is 5.02. The van der Waals surface area contributed by atoms with E-state index in [4.69, 9.17) is 4.52 Å². The van der Waals surface area contributed by atoms with E-state index in [9.17, 15) is 18.0 Å². The molecular formula is C14H11F3N2O2. The summed E-state index contributed by atoms with van der Waals surface area (Å²) >= 11 is 0. The van der Waals surface area contributed by atoms with E-state index in [2.05, 4.69) is 10.1 Å². The third-order valence-electron chi connectivity index (χ3n) is 3.58. The molecule has 0 radical (unpaired) electrons. The molecule has 1 aromatic heterocycles. The maximum absolute atomic E-state index is 13.2. The molecule has 7 heteroatoms. The highest BCUT2D eigenvalue weighted by Gasteiger charge is 2.25. The van der Waals surface area contributed by atoms with Crippen LogP contribution in [0.1, 0.15) is 37.5 Å². The maximum Gasteiger partial charge on any atom is 0.230 e. The number of rotatable bonds is 2. The van der Waals surface area contributed by atoms with Gasteiger partial charge in [-0.3, -0.25) is 4.79 Å². The van der Waals surface area contributed by atoms with Crippen molar-refractivity contribution in [2.45, 2.75) is 31.6 Å². The Morgan fingerprint density at radius 1 is 1.10 bits per heavy atom. The second kappa shape index (κ2) is 5.31. The number of Topliss-reactive ketones (excluding diaryl/α,β-unsaturated/α-hetero) is 1. The fourth-order valence-corrected chi connectivity index (χ4v) is 2.39. The van der Waals surface area contributed by atoms with Gasteiger partial charge in [-0.2, -0.15) is 4.98 Å². The lowest BCUT2D eigenvalue weighted by Gasteiger charge is -2.16. The molecular weight excluding hydrogens is 285 g/mol. The van der Waals surface area contributed by atoms with Crippen molar-refractivity contribution < 1.29 is 22.5 Å². The smallest absolute Gasteiger partial charge is 0.230 e. The number of hydrogen-bond donors (Lipinski definition) is 0. The second-order valence-corrected chi connectivity index (χ2v) is 5.02. The Kier molecular flexibility index (Phi) is 3.48. The van der Waals surface area contributed by atoms with E-state index in [0.29, 0.717) is 31.6 Å². The van der Waals surface area contributed by atoms with Crippen LogP contribution >= 0.6 is 0 Å². The summed E-state index contributed by atoms with van der Waals surface area (Å²) in [5.74, 6) is -3.64. The molecule has 1 heterocycles. The third-order valence-corrected chi connectivity index (χ3v) is 3.58. The number of benzene rings is 1. The van der Waals surface area contributed by atoms with Crippen LogP contribution in [0, 0.1) is 17.5 Å². The van der Waals surface area contributed by atoms with Crippen LogP contribution in [-0.2, 0) is 4.79 Å². The van der Waals surface area contributed by atoms with Crippen molar-refractivity contribution in [2.24, 2.45) is 0 Å². The zero-order valence-corrected chi connectivity index (χ0v) is 10.9. The van der Waals surface area contributed by atoms with Crippen molar-refractivity contribution in [2.75, 3.05) is 0 Å². The minimum absolute atomic E-state index is 0.000278. The van der Waals surface area contributed by atoms with Gasteiger partial charge in [0.2, 0.25) is 11.7 Å². The zero-order valence-electron chi connectivity index (χ0n) is 10.9. The van der Waals surface area contributed by atoms with Gasteiger partial charge in [-0.25, -0.2) is 13.2 Å². The van der Waals surface area contributed by atoms with Gasteiger partial charge in [0.05, 0.1) is 0 Å². The molecule has 0 spiro atoms. The number of carbonyl (C=O) groups excluding carboxylic acids is 1. The van der Waals surface area contributed by atoms with Gasteiger partial charge in [0, 0.05) is 24.3 Å². The molecule has 0 atom stereocenters. The first-order chi connectivity index (χ1) is 10.0. The number of halogens is 3. The van der Waals surface area contributed by atoms with Crippen molar-refractivity contribution in [3.63, 3.8) is 0 Å². The van der Waals surface area contributed by atoms with Gasteiger partial charge in [-0.05, 0) is 25.0 Å². The van der Waals surface area contributed by atoms with Crippen LogP contribution in [0.2, 0.25) is 0 Å². The minimum Gasteiger partial charge on any atom is -0.339 e. The number of nitrogens with zero attached hydrogens (tertiary/aromatic N) is 2. The van der Waals surface area contributed by atoms with Crippen molar-refractivity contribution in [3.8, 4) is 11.4 Å². The number of hydrogen-bond acceptors (Lipinski definition) is 4. The van der Waals surface area contributed by atoms with E-state index >= 15 is 0 Å². The lowest BCUT2D eigenvalue weighted by molar-refractivity contribution is -0.120. The van der Waals surface area contributed by atoms with E-state index < -0.39 is 17.5 Å². The Morgan fingerprint density at radius 2 is 1.71 bits per heavy atom. The largest absolute Gasteiger partial charge is 0.339 e. The lowest BCUT2D eigenvalue weighted by Crippen LogP contribution is -2.12. The molecule has 1 aliphatic rings. The normalized spacial score (nSPS) is 16.4. The molecule has 3 rings (SSSR count). The molecule has 1 aromatic carbocycles. The zero-order chi connectivity index (χ0) is 15.0. The lowest BCUT2D eigenvalue weighted by atomic mass is 9.88. The van der Waals surface area contributed by atoms with Crippen molar-refractivity contribution in [1.82, 2.24) is 10.1 Å². The van der Waals surface area contributed by atoms with Crippen LogP contribution < -0.4 is 0 Å². The first-order valence-electron chi connectivity index (χ1n) is 6.55. The fourth-order valence-electron chi connectivity index (χ4n) is 2.39. The Bertz CT molecular complexity index is 666. The molecule has 0 amide bonds. The van der Waals surface area contributed by atoms with Crippen LogP contribution in [0.4, 0.5) is 13.2 Å². The van der Waals surface area contributed by atoms with E-state index in [1.807, 2.05) is 0 Å². The number of ketones is 1. The summed E-state index contributed by atoms with van der Waals surface area (Å²) in [4.78, 5) is 15.3. The maximum atomic E-state index is 13.2. The van der Waals surface area contributed by atoms with Crippen molar-refractivity contribution in [3.05, 3.63) is 35.5 Å². The summed E-state index contributed by atoms with van der Waals surface area (Å²) in [7, 11) is 0. The van der Waals surface area contributed by atoms with Gasteiger partial charge < -0.3 is 4.52 Å². The van der Waals surface area contributed by atoms with Crippen LogP contribution in [0.3, 0.4) is 0 Å². The summed E-state index contributed by atoms with van der Waals surface area (Å²) in [6, 6.07) is 1.63. The standard InChI is InChI=1S/C14H11F3N2O2/c15-10-5-8(6-11(16)12(10)17)13-18-14(21-19-13)7-1-3-9(20)4-2-7/h5-7H,1-4H2. The molecule has 1 fully saturated rings. The predicted molar refractivity (Wildman–Crippen MR) is 65.8 cm³/mol. The highest BCUT2D eigenvalue weighted by atomic mass is 19.2. The van der Waals surface area contributed by atoms with Crippen LogP contribution in [0.25, 0.3) is 11.4 Å². The molecule has 1 aliphatic carbocycles. The number of aromatic nitrogens is 2. The predicted octanol–water partition coefficient (Wildman–Crippen LogP) is 3.38. The Balaban J connectivity index is 1.86. The van der Waals surface area contributed by atoms with E-state index in [1.165, 1.54) is 0 Å². The highest BCUT2D eigenvalue weighted by Crippen LogP contribution is 2.31. The SMILES string of the molecule is O=C1CCC(c2nc(-c3cc(F)c(F)c(F)c3)no2)CC1. The van der Waals surface area contributed by atoms with Crippen LogP contribution in [0.15, 0.2) is 16.7 Å². The molecule has 21 heavy (non-hydrogen) atoms. The molecule has 0 saturated heterocycles. The summed E-state index contributed by atoms with van der Waals surface area (Å²) in [6.45, 7) is 0. The van der Waals surface area contributed by atoms with Gasteiger partial charge in [0.15, 0.2) is 17.5 Å². The van der Waals surface area contributed by atoms with Crippen LogP contribution in [-0.4, -0.2) is 15.9 Å². The Hall–Kier alpha value is -2.18. The monoisotopic (exact) mass is 296 g/mol.